The Hall–Kier alpha value is -1.12. The van der Waals surface area contributed by atoms with Crippen LogP contribution in [0.5, 0.6) is 5.75 Å². The summed E-state index contributed by atoms with van der Waals surface area (Å²) in [6.45, 7) is 0. The predicted molar refractivity (Wildman–Crippen MR) is 58.6 cm³/mol. The van der Waals surface area contributed by atoms with E-state index < -0.39 is 0 Å². The van der Waals surface area contributed by atoms with Crippen LogP contribution in [0.15, 0.2) is 16.0 Å². The van der Waals surface area contributed by atoms with Crippen LogP contribution in [0.1, 0.15) is 5.56 Å². The molecule has 14 heavy (non-hydrogen) atoms. The molecule has 1 heterocycles. The molecule has 0 aliphatic heterocycles. The first-order valence-corrected chi connectivity index (χ1v) is 5.39. The minimum absolute atomic E-state index is 0.543. The third kappa shape index (κ3) is 1.47. The van der Waals surface area contributed by atoms with E-state index in [1.54, 1.807) is 13.2 Å². The van der Waals surface area contributed by atoms with Gasteiger partial charge in [-0.3, -0.25) is 0 Å². The van der Waals surface area contributed by atoms with E-state index in [4.69, 9.17) is 10.00 Å². The standard InChI is InChI=1S/C9H5BrN2OS/c1-13-6-2-5(4-11)8-7(3-6)14-9(10)12-8/h2-3H,1H3. The number of hydrogen-bond donors (Lipinski definition) is 0. The van der Waals surface area contributed by atoms with Crippen molar-refractivity contribution < 1.29 is 4.74 Å². The van der Waals surface area contributed by atoms with Crippen molar-refractivity contribution in [3.8, 4) is 11.8 Å². The Kier molecular flexibility index (Phi) is 2.40. The van der Waals surface area contributed by atoms with Crippen molar-refractivity contribution in [2.45, 2.75) is 0 Å². The zero-order chi connectivity index (χ0) is 10.1. The maximum atomic E-state index is 8.91. The van der Waals surface area contributed by atoms with Gasteiger partial charge in [0.25, 0.3) is 0 Å². The van der Waals surface area contributed by atoms with Crippen molar-refractivity contribution >= 4 is 37.5 Å². The molecule has 0 N–H and O–H groups in total. The molecule has 2 rings (SSSR count). The molecule has 0 amide bonds. The Labute approximate surface area is 93.1 Å². The van der Waals surface area contributed by atoms with Crippen LogP contribution in [0.4, 0.5) is 0 Å². The monoisotopic (exact) mass is 268 g/mol. The van der Waals surface area contributed by atoms with E-state index in [0.717, 1.165) is 14.1 Å². The van der Waals surface area contributed by atoms with Gasteiger partial charge in [-0.05, 0) is 22.0 Å². The number of ether oxygens (including phenoxy) is 1. The lowest BCUT2D eigenvalue weighted by molar-refractivity contribution is 0.415. The van der Waals surface area contributed by atoms with Crippen molar-refractivity contribution in [1.82, 2.24) is 4.98 Å². The van der Waals surface area contributed by atoms with Crippen molar-refractivity contribution in [1.29, 1.82) is 5.26 Å². The highest BCUT2D eigenvalue weighted by Gasteiger charge is 2.08. The van der Waals surface area contributed by atoms with Crippen molar-refractivity contribution in [2.75, 3.05) is 7.11 Å². The number of aromatic nitrogens is 1. The lowest BCUT2D eigenvalue weighted by Gasteiger charge is -1.99. The number of nitrogens with zero attached hydrogens (tertiary/aromatic N) is 2. The van der Waals surface area contributed by atoms with Gasteiger partial charge in [0.1, 0.15) is 17.3 Å². The highest BCUT2D eigenvalue weighted by atomic mass is 79.9. The van der Waals surface area contributed by atoms with Crippen LogP contribution in [0.25, 0.3) is 10.2 Å². The largest absolute Gasteiger partial charge is 0.497 e. The summed E-state index contributed by atoms with van der Waals surface area (Å²) in [4.78, 5) is 4.22. The first kappa shape index (κ1) is 9.44. The van der Waals surface area contributed by atoms with Crippen LogP contribution >= 0.6 is 27.3 Å². The summed E-state index contributed by atoms with van der Waals surface area (Å²) in [7, 11) is 1.58. The van der Waals surface area contributed by atoms with Crippen molar-refractivity contribution in [2.24, 2.45) is 0 Å². The van der Waals surface area contributed by atoms with Gasteiger partial charge in [-0.2, -0.15) is 5.26 Å². The minimum Gasteiger partial charge on any atom is -0.497 e. The third-order valence-corrected chi connectivity index (χ3v) is 3.25. The SMILES string of the molecule is COc1cc(C#N)c2nc(Br)sc2c1. The van der Waals surface area contributed by atoms with Gasteiger partial charge >= 0.3 is 0 Å². The second-order valence-corrected chi connectivity index (χ2v) is 4.91. The molecule has 0 fully saturated rings. The number of halogens is 1. The Bertz CT molecular complexity index is 529. The molecule has 1 aromatic carbocycles. The maximum Gasteiger partial charge on any atom is 0.160 e. The topological polar surface area (TPSA) is 45.9 Å². The summed E-state index contributed by atoms with van der Waals surface area (Å²) in [6.07, 6.45) is 0. The first-order chi connectivity index (χ1) is 6.74. The molecule has 0 aliphatic rings. The summed E-state index contributed by atoms with van der Waals surface area (Å²) < 4.78 is 6.81. The number of rotatable bonds is 1. The number of nitriles is 1. The third-order valence-electron chi connectivity index (χ3n) is 1.80. The van der Waals surface area contributed by atoms with Gasteiger partial charge in [0.05, 0.1) is 17.4 Å². The smallest absolute Gasteiger partial charge is 0.160 e. The molecule has 0 aliphatic carbocycles. The van der Waals surface area contributed by atoms with Gasteiger partial charge in [-0.25, -0.2) is 4.98 Å². The summed E-state index contributed by atoms with van der Waals surface area (Å²) in [6, 6.07) is 5.66. The van der Waals surface area contributed by atoms with E-state index in [1.807, 2.05) is 6.07 Å². The molecular formula is C9H5BrN2OS. The fourth-order valence-electron chi connectivity index (χ4n) is 1.18. The molecule has 0 saturated carbocycles. The maximum absolute atomic E-state index is 8.91. The summed E-state index contributed by atoms with van der Waals surface area (Å²) in [5.41, 5.74) is 1.27. The molecule has 0 radical (unpaired) electrons. The molecule has 3 nitrogen and oxygen atoms in total. The van der Waals surface area contributed by atoms with Crippen LogP contribution in [0.3, 0.4) is 0 Å². The Morgan fingerprint density at radius 3 is 3.00 bits per heavy atom. The molecule has 5 heteroatoms. The van der Waals surface area contributed by atoms with Gasteiger partial charge in [0.2, 0.25) is 0 Å². The molecule has 70 valence electrons. The summed E-state index contributed by atoms with van der Waals surface area (Å²) >= 11 is 4.78. The normalized spacial score (nSPS) is 10.1. The van der Waals surface area contributed by atoms with Crippen LogP contribution in [0.2, 0.25) is 0 Å². The fourth-order valence-corrected chi connectivity index (χ4v) is 2.63. The molecule has 2 aromatic rings. The molecule has 1 aromatic heterocycles. The second-order valence-electron chi connectivity index (χ2n) is 2.60. The highest BCUT2D eigenvalue weighted by molar-refractivity contribution is 9.11. The van der Waals surface area contributed by atoms with E-state index in [0.29, 0.717) is 11.3 Å². The van der Waals surface area contributed by atoms with E-state index in [2.05, 4.69) is 27.0 Å². The first-order valence-electron chi connectivity index (χ1n) is 3.79. The molecule has 0 atom stereocenters. The molecule has 0 saturated heterocycles. The zero-order valence-corrected chi connectivity index (χ0v) is 9.65. The quantitative estimate of drug-likeness (QED) is 0.799. The van der Waals surface area contributed by atoms with Crippen LogP contribution in [-0.2, 0) is 0 Å². The van der Waals surface area contributed by atoms with Crippen LogP contribution in [-0.4, -0.2) is 12.1 Å². The summed E-state index contributed by atoms with van der Waals surface area (Å²) in [5.74, 6) is 0.685. The van der Waals surface area contributed by atoms with Gasteiger partial charge in [-0.15, -0.1) is 11.3 Å². The second kappa shape index (κ2) is 3.56. The lowest BCUT2D eigenvalue weighted by Crippen LogP contribution is -1.84. The van der Waals surface area contributed by atoms with Crippen LogP contribution in [0, 0.1) is 11.3 Å². The minimum atomic E-state index is 0.543. The van der Waals surface area contributed by atoms with E-state index in [9.17, 15) is 0 Å². The number of fused-ring (bicyclic) bond motifs is 1. The number of benzene rings is 1. The van der Waals surface area contributed by atoms with E-state index >= 15 is 0 Å². The predicted octanol–water partition coefficient (Wildman–Crippen LogP) is 2.94. The summed E-state index contributed by atoms with van der Waals surface area (Å²) in [5, 5.41) is 8.91. The van der Waals surface area contributed by atoms with Gasteiger partial charge in [-0.1, -0.05) is 0 Å². The number of thiazole rings is 1. The lowest BCUT2D eigenvalue weighted by atomic mass is 10.2. The highest BCUT2D eigenvalue weighted by Crippen LogP contribution is 2.31. The molecule has 0 spiro atoms. The van der Waals surface area contributed by atoms with Crippen LogP contribution < -0.4 is 4.74 Å². The Morgan fingerprint density at radius 1 is 1.57 bits per heavy atom. The zero-order valence-electron chi connectivity index (χ0n) is 7.24. The Morgan fingerprint density at radius 2 is 2.36 bits per heavy atom. The van der Waals surface area contributed by atoms with E-state index in [1.165, 1.54) is 11.3 Å². The average molecular weight is 269 g/mol. The van der Waals surface area contributed by atoms with Crippen molar-refractivity contribution in [3.63, 3.8) is 0 Å². The molecule has 0 bridgehead atoms. The number of hydrogen-bond acceptors (Lipinski definition) is 4. The molecule has 0 unspecified atom stereocenters. The fraction of sp³-hybridized carbons (Fsp3) is 0.111. The molecular weight excluding hydrogens is 264 g/mol. The van der Waals surface area contributed by atoms with Gasteiger partial charge < -0.3 is 4.74 Å². The van der Waals surface area contributed by atoms with Gasteiger partial charge in [0.15, 0.2) is 3.92 Å². The average Bonchev–Trinajstić information content (AvgIpc) is 2.56. The van der Waals surface area contributed by atoms with Crippen molar-refractivity contribution in [3.05, 3.63) is 21.6 Å². The van der Waals surface area contributed by atoms with E-state index in [-0.39, 0.29) is 0 Å². The van der Waals surface area contributed by atoms with Gasteiger partial charge in [0, 0.05) is 6.07 Å². The Balaban J connectivity index is 2.80. The number of methoxy groups -OCH3 is 1.